The van der Waals surface area contributed by atoms with E-state index >= 15 is 0 Å². The van der Waals surface area contributed by atoms with E-state index in [4.69, 9.17) is 10.5 Å². The number of aliphatic hydroxyl groups is 1. The molecule has 2 unspecified atom stereocenters. The van der Waals surface area contributed by atoms with Crippen LogP contribution >= 0.6 is 0 Å². The predicted molar refractivity (Wildman–Crippen MR) is 143 cm³/mol. The van der Waals surface area contributed by atoms with Gasteiger partial charge in [0.15, 0.2) is 5.82 Å². The van der Waals surface area contributed by atoms with E-state index in [0.29, 0.717) is 30.2 Å². The molecular weight excluding hydrogens is 466 g/mol. The Morgan fingerprint density at radius 1 is 1.00 bits per heavy atom. The molecule has 5 rings (SSSR count). The van der Waals surface area contributed by atoms with Gasteiger partial charge >= 0.3 is 0 Å². The van der Waals surface area contributed by atoms with Gasteiger partial charge < -0.3 is 25.4 Å². The summed E-state index contributed by atoms with van der Waals surface area (Å²) in [4.78, 5) is 25.6. The minimum Gasteiger partial charge on any atom is -0.399 e. The Morgan fingerprint density at radius 3 is 2.41 bits per heavy atom. The Balaban J connectivity index is 1.39. The van der Waals surface area contributed by atoms with E-state index in [1.54, 1.807) is 54.7 Å². The maximum Gasteiger partial charge on any atom is 0.258 e. The van der Waals surface area contributed by atoms with Crippen LogP contribution in [0.15, 0.2) is 91.3 Å². The van der Waals surface area contributed by atoms with E-state index in [1.165, 1.54) is 0 Å². The number of aliphatic hydroxyl groups excluding tert-OH is 1. The number of nitrogen functional groups attached to an aromatic ring is 1. The van der Waals surface area contributed by atoms with Crippen LogP contribution in [0, 0.1) is 0 Å². The molecule has 0 saturated carbocycles. The van der Waals surface area contributed by atoms with Gasteiger partial charge in [-0.25, -0.2) is 9.97 Å². The monoisotopic (exact) mass is 495 g/mol. The zero-order chi connectivity index (χ0) is 25.8. The van der Waals surface area contributed by atoms with Crippen LogP contribution in [0.1, 0.15) is 39.5 Å². The summed E-state index contributed by atoms with van der Waals surface area (Å²) in [6, 6.07) is 24.4. The molecule has 1 saturated heterocycles. The molecule has 0 radical (unpaired) electrons. The summed E-state index contributed by atoms with van der Waals surface area (Å²) in [7, 11) is 1.76. The van der Waals surface area contributed by atoms with Crippen LogP contribution in [0.4, 0.5) is 17.1 Å². The van der Waals surface area contributed by atoms with Gasteiger partial charge in [-0.2, -0.15) is 0 Å². The molecular formula is C29H29N5O3. The van der Waals surface area contributed by atoms with E-state index in [-0.39, 0.29) is 24.7 Å². The smallest absolute Gasteiger partial charge is 0.258 e. The number of rotatable bonds is 6. The van der Waals surface area contributed by atoms with E-state index < -0.39 is 0 Å². The van der Waals surface area contributed by atoms with Gasteiger partial charge in [0.25, 0.3) is 5.91 Å². The first kappa shape index (κ1) is 24.4. The molecule has 8 nitrogen and oxygen atoms in total. The van der Waals surface area contributed by atoms with Gasteiger partial charge in [-0.05, 0) is 65.7 Å². The van der Waals surface area contributed by atoms with Crippen molar-refractivity contribution in [2.75, 3.05) is 35.7 Å². The molecule has 3 aromatic carbocycles. The molecule has 0 spiro atoms. The van der Waals surface area contributed by atoms with Gasteiger partial charge in [-0.15, -0.1) is 0 Å². The molecule has 3 N–H and O–H groups in total. The Hall–Kier alpha value is -4.27. The third-order valence-electron chi connectivity index (χ3n) is 6.54. The number of aromatic nitrogens is 2. The Morgan fingerprint density at radius 2 is 1.70 bits per heavy atom. The van der Waals surface area contributed by atoms with Gasteiger partial charge in [0.05, 0.1) is 13.2 Å². The zero-order valence-corrected chi connectivity index (χ0v) is 20.6. The average molecular weight is 496 g/mol. The van der Waals surface area contributed by atoms with Crippen molar-refractivity contribution in [1.82, 2.24) is 9.97 Å². The fraction of sp³-hybridized carbons (Fsp3) is 0.207. The number of carbonyl (C=O) groups is 1. The second kappa shape index (κ2) is 10.8. The first-order valence-electron chi connectivity index (χ1n) is 12.1. The second-order valence-corrected chi connectivity index (χ2v) is 9.03. The number of carbonyl (C=O) groups excluding carboxylic acids is 1. The molecule has 1 aliphatic heterocycles. The van der Waals surface area contributed by atoms with Crippen molar-refractivity contribution in [1.29, 1.82) is 0 Å². The van der Waals surface area contributed by atoms with Gasteiger partial charge in [-0.3, -0.25) is 4.79 Å². The van der Waals surface area contributed by atoms with E-state index in [2.05, 4.69) is 14.9 Å². The number of hydrogen-bond acceptors (Lipinski definition) is 7. The number of nitrogens with two attached hydrogens (primary N) is 1. The van der Waals surface area contributed by atoms with Crippen LogP contribution in [0.3, 0.4) is 0 Å². The summed E-state index contributed by atoms with van der Waals surface area (Å²) in [6.45, 7) is 1.18. The summed E-state index contributed by atoms with van der Waals surface area (Å²) >= 11 is 0. The van der Waals surface area contributed by atoms with Crippen LogP contribution in [-0.2, 0) is 11.3 Å². The zero-order valence-electron chi connectivity index (χ0n) is 20.6. The lowest BCUT2D eigenvalue weighted by atomic mass is 10.0. The van der Waals surface area contributed by atoms with Crippen LogP contribution < -0.4 is 15.5 Å². The van der Waals surface area contributed by atoms with Crippen molar-refractivity contribution < 1.29 is 14.6 Å². The highest BCUT2D eigenvalue weighted by Gasteiger charge is 2.32. The van der Waals surface area contributed by atoms with Gasteiger partial charge in [-0.1, -0.05) is 24.3 Å². The largest absolute Gasteiger partial charge is 0.399 e. The molecule has 1 aromatic heterocycles. The lowest BCUT2D eigenvalue weighted by Gasteiger charge is -2.39. The van der Waals surface area contributed by atoms with Crippen LogP contribution in [0.2, 0.25) is 0 Å². The van der Waals surface area contributed by atoms with Gasteiger partial charge in [0.2, 0.25) is 0 Å². The van der Waals surface area contributed by atoms with E-state index in [1.807, 2.05) is 48.5 Å². The average Bonchev–Trinajstić information content (AvgIpc) is 2.97. The maximum atomic E-state index is 12.9. The SMILES string of the molecule is CN(C(=O)c1ccc(N)cc1)c1ccc(N2CC(c3cccc(CO)c3)OC(c3ncccn3)C2)cc1. The second-order valence-electron chi connectivity index (χ2n) is 9.03. The quantitative estimate of drug-likeness (QED) is 0.387. The number of anilines is 3. The van der Waals surface area contributed by atoms with Gasteiger partial charge in [0.1, 0.15) is 12.2 Å². The molecule has 1 fully saturated rings. The highest BCUT2D eigenvalue weighted by Crippen LogP contribution is 2.35. The van der Waals surface area contributed by atoms with Crippen molar-refractivity contribution in [2.24, 2.45) is 0 Å². The molecule has 1 amide bonds. The summed E-state index contributed by atoms with van der Waals surface area (Å²) in [5.74, 6) is 0.519. The van der Waals surface area contributed by atoms with Crippen molar-refractivity contribution in [3.63, 3.8) is 0 Å². The minimum atomic E-state index is -0.327. The fourth-order valence-corrected chi connectivity index (χ4v) is 4.49. The van der Waals surface area contributed by atoms with Crippen molar-refractivity contribution in [3.05, 3.63) is 114 Å². The first-order chi connectivity index (χ1) is 18.0. The molecule has 2 heterocycles. The Bertz CT molecular complexity index is 1350. The highest BCUT2D eigenvalue weighted by molar-refractivity contribution is 6.05. The summed E-state index contributed by atoms with van der Waals surface area (Å²) in [6.07, 6.45) is 2.87. The molecule has 0 bridgehead atoms. The molecule has 4 aromatic rings. The summed E-state index contributed by atoms with van der Waals surface area (Å²) in [5.41, 5.74) is 10.6. The molecule has 2 atom stereocenters. The lowest BCUT2D eigenvalue weighted by molar-refractivity contribution is -0.0338. The Labute approximate surface area is 216 Å². The molecule has 37 heavy (non-hydrogen) atoms. The molecule has 188 valence electrons. The number of hydrogen-bond donors (Lipinski definition) is 2. The van der Waals surface area contributed by atoms with Crippen LogP contribution in [-0.4, -0.2) is 41.1 Å². The van der Waals surface area contributed by atoms with Crippen molar-refractivity contribution >= 4 is 23.0 Å². The normalized spacial score (nSPS) is 17.4. The third-order valence-corrected chi connectivity index (χ3v) is 6.54. The lowest BCUT2D eigenvalue weighted by Crippen LogP contribution is -2.40. The van der Waals surface area contributed by atoms with Crippen LogP contribution in [0.25, 0.3) is 0 Å². The molecule has 8 heteroatoms. The van der Waals surface area contributed by atoms with Crippen molar-refractivity contribution in [3.8, 4) is 0 Å². The number of amides is 1. The third kappa shape index (κ3) is 5.45. The van der Waals surface area contributed by atoms with E-state index in [0.717, 1.165) is 22.5 Å². The highest BCUT2D eigenvalue weighted by atomic mass is 16.5. The standard InChI is InChI=1S/C29H29N5O3/c1-33(29(36)21-6-8-23(30)9-7-21)24-10-12-25(13-11-24)34-17-26(22-5-2-4-20(16-22)19-35)37-27(18-34)28-31-14-3-15-32-28/h2-16,26-27,35H,17-19,30H2,1H3. The fourth-order valence-electron chi connectivity index (χ4n) is 4.49. The molecule has 0 aliphatic carbocycles. The predicted octanol–water partition coefficient (Wildman–Crippen LogP) is 4.15. The first-order valence-corrected chi connectivity index (χ1v) is 12.1. The minimum absolute atomic E-state index is 0.0282. The van der Waals surface area contributed by atoms with Gasteiger partial charge in [0, 0.05) is 48.6 Å². The van der Waals surface area contributed by atoms with Crippen LogP contribution in [0.5, 0.6) is 0 Å². The number of ether oxygens (including phenoxy) is 1. The van der Waals surface area contributed by atoms with E-state index in [9.17, 15) is 9.90 Å². The summed E-state index contributed by atoms with van der Waals surface area (Å²) < 4.78 is 6.45. The summed E-state index contributed by atoms with van der Waals surface area (Å²) in [5, 5.41) is 9.61. The Kier molecular flexibility index (Phi) is 7.11. The maximum absolute atomic E-state index is 12.9. The van der Waals surface area contributed by atoms with Crippen molar-refractivity contribution in [2.45, 2.75) is 18.8 Å². The number of nitrogens with zero attached hydrogens (tertiary/aromatic N) is 4. The number of benzene rings is 3. The molecule has 1 aliphatic rings. The number of morpholine rings is 1. The topological polar surface area (TPSA) is 105 Å².